The number of benzene rings is 1. The lowest BCUT2D eigenvalue weighted by molar-refractivity contribution is 0.102. The highest BCUT2D eigenvalue weighted by molar-refractivity contribution is 9.10. The van der Waals surface area contributed by atoms with Gasteiger partial charge in [0.2, 0.25) is 0 Å². The molecule has 0 unspecified atom stereocenters. The number of pyridine rings is 1. The van der Waals surface area contributed by atoms with Crippen molar-refractivity contribution < 1.29 is 9.53 Å². The Morgan fingerprint density at radius 1 is 1.42 bits per heavy atom. The number of nitrogen functional groups attached to an aromatic ring is 1. The highest BCUT2D eigenvalue weighted by atomic mass is 79.9. The van der Waals surface area contributed by atoms with Gasteiger partial charge in [0.1, 0.15) is 10.4 Å². The van der Waals surface area contributed by atoms with Crippen molar-refractivity contribution in [3.63, 3.8) is 0 Å². The zero-order valence-corrected chi connectivity index (χ0v) is 11.8. The lowest BCUT2D eigenvalue weighted by atomic mass is 10.1. The Hall–Kier alpha value is -2.08. The summed E-state index contributed by atoms with van der Waals surface area (Å²) in [5.74, 6) is 0.157. The van der Waals surface area contributed by atoms with Crippen molar-refractivity contribution in [3.8, 4) is 5.75 Å². The first-order valence-corrected chi connectivity index (χ1v) is 6.26. The summed E-state index contributed by atoms with van der Waals surface area (Å²) in [6, 6.07) is 8.38. The van der Waals surface area contributed by atoms with Crippen LogP contribution in [0.15, 0.2) is 41.1 Å². The number of methoxy groups -OCH3 is 1. The van der Waals surface area contributed by atoms with E-state index in [1.165, 1.54) is 7.11 Å². The number of nitrogens with one attached hydrogen (secondary N) is 1. The van der Waals surface area contributed by atoms with Gasteiger partial charge in [-0.05, 0) is 46.3 Å². The van der Waals surface area contributed by atoms with Crippen molar-refractivity contribution in [1.82, 2.24) is 4.98 Å². The van der Waals surface area contributed by atoms with E-state index in [0.29, 0.717) is 27.3 Å². The van der Waals surface area contributed by atoms with Crippen LogP contribution in [0.3, 0.4) is 0 Å². The van der Waals surface area contributed by atoms with Gasteiger partial charge in [-0.15, -0.1) is 0 Å². The molecule has 2 rings (SSSR count). The molecule has 0 saturated carbocycles. The molecular formula is C13H12BrN3O2. The van der Waals surface area contributed by atoms with Crippen molar-refractivity contribution >= 4 is 33.2 Å². The van der Waals surface area contributed by atoms with Crippen LogP contribution in [-0.4, -0.2) is 18.0 Å². The topological polar surface area (TPSA) is 77.2 Å². The predicted octanol–water partition coefficient (Wildman–Crippen LogP) is 2.69. The van der Waals surface area contributed by atoms with E-state index in [1.807, 2.05) is 0 Å². The van der Waals surface area contributed by atoms with Gasteiger partial charge in [0.25, 0.3) is 5.91 Å². The molecule has 0 spiro atoms. The van der Waals surface area contributed by atoms with Crippen LogP contribution < -0.4 is 15.8 Å². The SMILES string of the molecule is COc1ccc(N)cc1C(=O)Nc1cccnc1Br. The fourth-order valence-corrected chi connectivity index (χ4v) is 1.92. The fraction of sp³-hybridized carbons (Fsp3) is 0.0769. The molecule has 0 bridgehead atoms. The Balaban J connectivity index is 2.30. The quantitative estimate of drug-likeness (QED) is 0.673. The van der Waals surface area contributed by atoms with E-state index < -0.39 is 0 Å². The number of rotatable bonds is 3. The minimum atomic E-state index is -0.308. The van der Waals surface area contributed by atoms with E-state index >= 15 is 0 Å². The smallest absolute Gasteiger partial charge is 0.259 e. The van der Waals surface area contributed by atoms with Gasteiger partial charge in [-0.1, -0.05) is 0 Å². The maximum atomic E-state index is 12.2. The summed E-state index contributed by atoms with van der Waals surface area (Å²) >= 11 is 3.27. The molecule has 0 fully saturated rings. The van der Waals surface area contributed by atoms with Crippen molar-refractivity contribution in [2.24, 2.45) is 0 Å². The standard InChI is InChI=1S/C13H12BrN3O2/c1-19-11-5-4-8(15)7-9(11)13(18)17-10-3-2-6-16-12(10)14/h2-7H,15H2,1H3,(H,17,18). The predicted molar refractivity (Wildman–Crippen MR) is 77.3 cm³/mol. The molecule has 0 saturated heterocycles. The zero-order valence-electron chi connectivity index (χ0n) is 10.2. The Labute approximate surface area is 118 Å². The maximum absolute atomic E-state index is 12.2. The van der Waals surface area contributed by atoms with E-state index in [0.717, 1.165) is 0 Å². The van der Waals surface area contributed by atoms with Crippen molar-refractivity contribution in [1.29, 1.82) is 0 Å². The molecule has 98 valence electrons. The molecule has 1 aromatic heterocycles. The van der Waals surface area contributed by atoms with Crippen LogP contribution in [0, 0.1) is 0 Å². The van der Waals surface area contributed by atoms with Gasteiger partial charge in [-0.25, -0.2) is 4.98 Å². The Morgan fingerprint density at radius 3 is 2.89 bits per heavy atom. The number of anilines is 2. The average molecular weight is 322 g/mol. The summed E-state index contributed by atoms with van der Waals surface area (Å²) in [6.07, 6.45) is 1.63. The van der Waals surface area contributed by atoms with Crippen LogP contribution in [0.4, 0.5) is 11.4 Å². The fourth-order valence-electron chi connectivity index (χ4n) is 1.57. The Bertz CT molecular complexity index is 617. The second-order valence-corrected chi connectivity index (χ2v) is 4.51. The van der Waals surface area contributed by atoms with Gasteiger partial charge >= 0.3 is 0 Å². The first-order chi connectivity index (χ1) is 9.11. The number of ether oxygens (including phenoxy) is 1. The third-order valence-electron chi connectivity index (χ3n) is 2.48. The molecular weight excluding hydrogens is 310 g/mol. The Morgan fingerprint density at radius 2 is 2.21 bits per heavy atom. The van der Waals surface area contributed by atoms with Crippen molar-refractivity contribution in [2.75, 3.05) is 18.2 Å². The molecule has 0 aliphatic rings. The summed E-state index contributed by atoms with van der Waals surface area (Å²) in [5.41, 5.74) is 7.14. The monoisotopic (exact) mass is 321 g/mol. The first-order valence-electron chi connectivity index (χ1n) is 5.47. The number of hydrogen-bond acceptors (Lipinski definition) is 4. The number of amides is 1. The second-order valence-electron chi connectivity index (χ2n) is 3.76. The minimum Gasteiger partial charge on any atom is -0.496 e. The van der Waals surface area contributed by atoms with Crippen LogP contribution in [0.2, 0.25) is 0 Å². The van der Waals surface area contributed by atoms with E-state index in [4.69, 9.17) is 10.5 Å². The largest absolute Gasteiger partial charge is 0.496 e. The second kappa shape index (κ2) is 5.71. The molecule has 0 aliphatic carbocycles. The van der Waals surface area contributed by atoms with E-state index in [-0.39, 0.29) is 5.91 Å². The lowest BCUT2D eigenvalue weighted by Crippen LogP contribution is -2.14. The minimum absolute atomic E-state index is 0.308. The molecule has 3 N–H and O–H groups in total. The molecule has 5 nitrogen and oxygen atoms in total. The van der Waals surface area contributed by atoms with Crippen LogP contribution >= 0.6 is 15.9 Å². The van der Waals surface area contributed by atoms with Gasteiger partial charge in [0, 0.05) is 11.9 Å². The molecule has 19 heavy (non-hydrogen) atoms. The molecule has 1 amide bonds. The number of nitrogens with two attached hydrogens (primary N) is 1. The third kappa shape index (κ3) is 3.03. The molecule has 0 atom stereocenters. The van der Waals surface area contributed by atoms with Crippen molar-refractivity contribution in [3.05, 3.63) is 46.7 Å². The molecule has 0 radical (unpaired) electrons. The lowest BCUT2D eigenvalue weighted by Gasteiger charge is -2.10. The highest BCUT2D eigenvalue weighted by Gasteiger charge is 2.14. The normalized spacial score (nSPS) is 10.0. The van der Waals surface area contributed by atoms with E-state index in [1.54, 1.807) is 36.5 Å². The summed E-state index contributed by atoms with van der Waals surface area (Å²) < 4.78 is 5.71. The number of halogens is 1. The van der Waals surface area contributed by atoms with Crippen LogP contribution in [-0.2, 0) is 0 Å². The molecule has 1 aromatic carbocycles. The van der Waals surface area contributed by atoms with Crippen LogP contribution in [0.25, 0.3) is 0 Å². The van der Waals surface area contributed by atoms with Crippen LogP contribution in [0.5, 0.6) is 5.75 Å². The van der Waals surface area contributed by atoms with E-state index in [9.17, 15) is 4.79 Å². The third-order valence-corrected chi connectivity index (χ3v) is 3.11. The van der Waals surface area contributed by atoms with Gasteiger partial charge < -0.3 is 15.8 Å². The van der Waals surface area contributed by atoms with Gasteiger partial charge in [0.15, 0.2) is 0 Å². The Kier molecular flexibility index (Phi) is 4.01. The van der Waals surface area contributed by atoms with Gasteiger partial charge in [0.05, 0.1) is 18.4 Å². The first kappa shape index (κ1) is 13.4. The number of aromatic nitrogens is 1. The number of carbonyl (C=O) groups excluding carboxylic acids is 1. The maximum Gasteiger partial charge on any atom is 0.259 e. The van der Waals surface area contributed by atoms with Crippen molar-refractivity contribution in [2.45, 2.75) is 0 Å². The molecule has 0 aliphatic heterocycles. The zero-order chi connectivity index (χ0) is 13.8. The van der Waals surface area contributed by atoms with Crippen LogP contribution in [0.1, 0.15) is 10.4 Å². The van der Waals surface area contributed by atoms with E-state index in [2.05, 4.69) is 26.2 Å². The van der Waals surface area contributed by atoms with Gasteiger partial charge in [-0.3, -0.25) is 4.79 Å². The summed E-state index contributed by atoms with van der Waals surface area (Å²) in [7, 11) is 1.50. The van der Waals surface area contributed by atoms with Gasteiger partial charge in [-0.2, -0.15) is 0 Å². The average Bonchev–Trinajstić information content (AvgIpc) is 2.41. The molecule has 6 heteroatoms. The molecule has 1 heterocycles. The number of carbonyl (C=O) groups is 1. The highest BCUT2D eigenvalue weighted by Crippen LogP contribution is 2.24. The summed E-state index contributed by atoms with van der Waals surface area (Å²) in [6.45, 7) is 0. The number of hydrogen-bond donors (Lipinski definition) is 2. The number of nitrogens with zero attached hydrogens (tertiary/aromatic N) is 1. The summed E-state index contributed by atoms with van der Waals surface area (Å²) in [4.78, 5) is 16.2. The summed E-state index contributed by atoms with van der Waals surface area (Å²) in [5, 5.41) is 2.74. The molecule has 2 aromatic rings.